The summed E-state index contributed by atoms with van der Waals surface area (Å²) in [7, 11) is -3.09. The molecule has 0 saturated carbocycles. The Kier molecular flexibility index (Phi) is 1.84. The highest BCUT2D eigenvalue weighted by molar-refractivity contribution is 7.92. The molecule has 0 bridgehead atoms. The Balaban J connectivity index is 2.97. The molecule has 0 aromatic rings. The van der Waals surface area contributed by atoms with Gasteiger partial charge < -0.3 is 0 Å². The van der Waals surface area contributed by atoms with Crippen molar-refractivity contribution in [3.8, 4) is 0 Å². The summed E-state index contributed by atoms with van der Waals surface area (Å²) in [6.07, 6.45) is 0. The van der Waals surface area contributed by atoms with Crippen LogP contribution in [0, 0.1) is 5.41 Å². The van der Waals surface area contributed by atoms with Crippen LogP contribution in [0.4, 0.5) is 0 Å². The lowest BCUT2D eigenvalue weighted by molar-refractivity contribution is 0.496. The maximum absolute atomic E-state index is 10.9. The molecule has 11 heavy (non-hydrogen) atoms. The minimum absolute atomic E-state index is 0.0451. The summed E-state index contributed by atoms with van der Waals surface area (Å²) in [5.41, 5.74) is 0.897. The van der Waals surface area contributed by atoms with Gasteiger partial charge in [0.05, 0.1) is 0 Å². The topological polar surface area (TPSA) is 46.2 Å². The van der Waals surface area contributed by atoms with E-state index in [1.807, 2.05) is 20.8 Å². The van der Waals surface area contributed by atoms with Crippen LogP contribution in [-0.2, 0) is 10.0 Å². The predicted octanol–water partition coefficient (Wildman–Crippen LogP) is 0.849. The summed E-state index contributed by atoms with van der Waals surface area (Å²) < 4.78 is 24.2. The van der Waals surface area contributed by atoms with E-state index >= 15 is 0 Å². The highest BCUT2D eigenvalue weighted by atomic mass is 32.2. The normalized spacial score (nSPS) is 23.4. The average Bonchev–Trinajstić information content (AvgIpc) is 2.07. The molecule has 0 spiro atoms. The first-order chi connectivity index (χ1) is 4.81. The quantitative estimate of drug-likeness (QED) is 0.593. The summed E-state index contributed by atoms with van der Waals surface area (Å²) in [6.45, 7) is 6.47. The Hall–Kier alpha value is -0.350. The second kappa shape index (κ2) is 2.32. The fourth-order valence-corrected chi connectivity index (χ4v) is 2.14. The number of hydrogen-bond acceptors (Lipinski definition) is 2. The fourth-order valence-electron chi connectivity index (χ4n) is 0.891. The molecular formula is C7H13NO2S. The zero-order valence-corrected chi connectivity index (χ0v) is 7.83. The van der Waals surface area contributed by atoms with Gasteiger partial charge >= 0.3 is 0 Å². The summed E-state index contributed by atoms with van der Waals surface area (Å²) >= 11 is 0. The van der Waals surface area contributed by atoms with Gasteiger partial charge in [0.25, 0.3) is 0 Å². The largest absolute Gasteiger partial charge is 0.234 e. The van der Waals surface area contributed by atoms with E-state index in [0.717, 1.165) is 5.57 Å². The minimum Gasteiger partial charge on any atom is -0.208 e. The molecule has 0 atom stereocenters. The van der Waals surface area contributed by atoms with Gasteiger partial charge in [0.15, 0.2) is 0 Å². The molecular weight excluding hydrogens is 162 g/mol. The van der Waals surface area contributed by atoms with Crippen molar-refractivity contribution in [2.75, 3.05) is 6.54 Å². The van der Waals surface area contributed by atoms with E-state index in [1.54, 1.807) is 0 Å². The van der Waals surface area contributed by atoms with Gasteiger partial charge in [-0.3, -0.25) is 0 Å². The van der Waals surface area contributed by atoms with Crippen molar-refractivity contribution in [2.45, 2.75) is 20.8 Å². The maximum atomic E-state index is 10.9. The van der Waals surface area contributed by atoms with Crippen LogP contribution in [0.5, 0.6) is 0 Å². The van der Waals surface area contributed by atoms with Gasteiger partial charge in [0.1, 0.15) is 0 Å². The second-order valence-electron chi connectivity index (χ2n) is 3.76. The molecule has 0 saturated heterocycles. The van der Waals surface area contributed by atoms with Crippen molar-refractivity contribution in [1.82, 2.24) is 4.72 Å². The first kappa shape index (κ1) is 8.74. The van der Waals surface area contributed by atoms with Crippen molar-refractivity contribution in [3.63, 3.8) is 0 Å². The van der Waals surface area contributed by atoms with E-state index in [1.165, 1.54) is 5.41 Å². The van der Waals surface area contributed by atoms with Gasteiger partial charge in [-0.2, -0.15) is 0 Å². The predicted molar refractivity (Wildman–Crippen MR) is 44.5 cm³/mol. The lowest BCUT2D eigenvalue weighted by Crippen LogP contribution is -2.18. The third-order valence-electron chi connectivity index (χ3n) is 1.72. The van der Waals surface area contributed by atoms with Gasteiger partial charge in [-0.15, -0.1) is 0 Å². The van der Waals surface area contributed by atoms with E-state index in [9.17, 15) is 8.42 Å². The van der Waals surface area contributed by atoms with Crippen LogP contribution in [0.3, 0.4) is 0 Å². The second-order valence-corrected chi connectivity index (χ2v) is 5.37. The SMILES string of the molecule is CC(C)(C)C1=CS(=O)(=O)NC1. The van der Waals surface area contributed by atoms with Crippen LogP contribution in [0.2, 0.25) is 0 Å². The lowest BCUT2D eigenvalue weighted by atomic mass is 9.88. The number of hydrogen-bond donors (Lipinski definition) is 1. The van der Waals surface area contributed by atoms with E-state index in [4.69, 9.17) is 0 Å². The molecule has 0 radical (unpaired) electrons. The van der Waals surface area contributed by atoms with Crippen molar-refractivity contribution in [1.29, 1.82) is 0 Å². The van der Waals surface area contributed by atoms with Crippen LogP contribution in [0.15, 0.2) is 11.0 Å². The Bertz CT molecular complexity index is 282. The third-order valence-corrected chi connectivity index (χ3v) is 2.87. The Morgan fingerprint density at radius 2 is 2.00 bits per heavy atom. The minimum atomic E-state index is -3.09. The summed E-state index contributed by atoms with van der Waals surface area (Å²) in [4.78, 5) is 0. The van der Waals surface area contributed by atoms with Gasteiger partial charge in [0, 0.05) is 12.0 Å². The van der Waals surface area contributed by atoms with Crippen LogP contribution >= 0.6 is 0 Å². The molecule has 0 unspecified atom stereocenters. The van der Waals surface area contributed by atoms with Crippen LogP contribution < -0.4 is 4.72 Å². The number of nitrogens with one attached hydrogen (secondary N) is 1. The van der Waals surface area contributed by atoms with Crippen molar-refractivity contribution < 1.29 is 8.42 Å². The molecule has 1 N–H and O–H groups in total. The summed E-state index contributed by atoms with van der Waals surface area (Å²) in [5, 5.41) is 1.33. The summed E-state index contributed by atoms with van der Waals surface area (Å²) in [6, 6.07) is 0. The molecule has 0 aromatic heterocycles. The van der Waals surface area contributed by atoms with Gasteiger partial charge in [-0.25, -0.2) is 13.1 Å². The zero-order valence-electron chi connectivity index (χ0n) is 7.01. The van der Waals surface area contributed by atoms with E-state index in [-0.39, 0.29) is 5.41 Å². The number of sulfonamides is 1. The van der Waals surface area contributed by atoms with Gasteiger partial charge in [0.2, 0.25) is 10.0 Å². The molecule has 0 aromatic carbocycles. The molecule has 1 aliphatic heterocycles. The molecule has 0 aliphatic carbocycles. The highest BCUT2D eigenvalue weighted by Gasteiger charge is 2.25. The number of rotatable bonds is 0. The van der Waals surface area contributed by atoms with Crippen LogP contribution in [0.1, 0.15) is 20.8 Å². The van der Waals surface area contributed by atoms with Crippen molar-refractivity contribution >= 4 is 10.0 Å². The van der Waals surface area contributed by atoms with Gasteiger partial charge in [-0.05, 0) is 11.0 Å². The molecule has 1 aliphatic rings. The first-order valence-corrected chi connectivity index (χ1v) is 5.07. The molecule has 1 heterocycles. The molecule has 0 fully saturated rings. The molecule has 3 nitrogen and oxygen atoms in total. The summed E-state index contributed by atoms with van der Waals surface area (Å²) in [5.74, 6) is 0. The molecule has 4 heteroatoms. The van der Waals surface area contributed by atoms with E-state index < -0.39 is 10.0 Å². The average molecular weight is 175 g/mol. The van der Waals surface area contributed by atoms with Crippen molar-refractivity contribution in [3.05, 3.63) is 11.0 Å². The third kappa shape index (κ3) is 2.04. The van der Waals surface area contributed by atoms with Crippen molar-refractivity contribution in [2.24, 2.45) is 5.41 Å². The maximum Gasteiger partial charge on any atom is 0.234 e. The zero-order chi connectivity index (χ0) is 8.70. The highest BCUT2D eigenvalue weighted by Crippen LogP contribution is 2.27. The Morgan fingerprint density at radius 3 is 2.18 bits per heavy atom. The van der Waals surface area contributed by atoms with E-state index in [0.29, 0.717) is 6.54 Å². The van der Waals surface area contributed by atoms with Crippen LogP contribution in [0.25, 0.3) is 0 Å². The Labute approximate surface area is 67.5 Å². The monoisotopic (exact) mass is 175 g/mol. The molecule has 64 valence electrons. The Morgan fingerprint density at radius 1 is 1.45 bits per heavy atom. The molecule has 1 rings (SSSR count). The van der Waals surface area contributed by atoms with Crippen LogP contribution in [-0.4, -0.2) is 15.0 Å². The lowest BCUT2D eigenvalue weighted by Gasteiger charge is -2.18. The fraction of sp³-hybridized carbons (Fsp3) is 0.714. The smallest absolute Gasteiger partial charge is 0.208 e. The first-order valence-electron chi connectivity index (χ1n) is 3.52. The van der Waals surface area contributed by atoms with Gasteiger partial charge in [-0.1, -0.05) is 20.8 Å². The standard InChI is InChI=1S/C7H13NO2S/c1-7(2,3)6-4-8-11(9,10)5-6/h5,8H,4H2,1-3H3. The van der Waals surface area contributed by atoms with E-state index in [2.05, 4.69) is 4.72 Å². The molecule has 0 amide bonds.